The number of hydrogen-bond donors (Lipinski definition) is 2. The van der Waals surface area contributed by atoms with Crippen LogP contribution in [0.1, 0.15) is 5.56 Å². The summed E-state index contributed by atoms with van der Waals surface area (Å²) >= 11 is 2.25. The van der Waals surface area contributed by atoms with E-state index in [0.717, 1.165) is 9.26 Å². The molecule has 0 aliphatic heterocycles. The lowest BCUT2D eigenvalue weighted by Crippen LogP contribution is -2.25. The van der Waals surface area contributed by atoms with Crippen molar-refractivity contribution in [3.8, 4) is 0 Å². The first-order chi connectivity index (χ1) is 6.63. The van der Waals surface area contributed by atoms with Gasteiger partial charge in [0, 0.05) is 9.26 Å². The molecule has 0 radical (unpaired) electrons. The summed E-state index contributed by atoms with van der Waals surface area (Å²) in [5.74, 6) is -0.0212. The SMILES string of the molecule is CNCC(=O)Nc1ccc(C)c(I)c1. The number of carbonyl (C=O) groups excluding carboxylic acids is 1. The zero-order valence-corrected chi connectivity index (χ0v) is 10.4. The molecule has 0 aliphatic rings. The van der Waals surface area contributed by atoms with Gasteiger partial charge in [-0.3, -0.25) is 4.79 Å². The van der Waals surface area contributed by atoms with Crippen molar-refractivity contribution in [3.05, 3.63) is 27.3 Å². The van der Waals surface area contributed by atoms with Crippen LogP contribution in [0.5, 0.6) is 0 Å². The molecular weight excluding hydrogens is 291 g/mol. The van der Waals surface area contributed by atoms with Crippen LogP contribution in [0.3, 0.4) is 0 Å². The van der Waals surface area contributed by atoms with E-state index in [1.165, 1.54) is 5.56 Å². The van der Waals surface area contributed by atoms with Gasteiger partial charge in [0.1, 0.15) is 0 Å². The minimum absolute atomic E-state index is 0.0212. The molecule has 14 heavy (non-hydrogen) atoms. The number of nitrogens with one attached hydrogen (secondary N) is 2. The molecule has 1 rings (SSSR count). The normalized spacial score (nSPS) is 9.93. The van der Waals surface area contributed by atoms with Gasteiger partial charge >= 0.3 is 0 Å². The average Bonchev–Trinajstić information content (AvgIpc) is 2.12. The number of aryl methyl sites for hydroxylation is 1. The molecule has 1 aromatic rings. The highest BCUT2D eigenvalue weighted by molar-refractivity contribution is 14.1. The first-order valence-corrected chi connectivity index (χ1v) is 5.42. The van der Waals surface area contributed by atoms with E-state index >= 15 is 0 Å². The van der Waals surface area contributed by atoms with Crippen LogP contribution in [0.15, 0.2) is 18.2 Å². The summed E-state index contributed by atoms with van der Waals surface area (Å²) in [5, 5.41) is 5.60. The van der Waals surface area contributed by atoms with Gasteiger partial charge in [-0.1, -0.05) is 6.07 Å². The molecule has 0 atom stereocenters. The highest BCUT2D eigenvalue weighted by Gasteiger charge is 2.01. The van der Waals surface area contributed by atoms with Crippen LogP contribution < -0.4 is 10.6 Å². The van der Waals surface area contributed by atoms with Crippen molar-refractivity contribution in [2.24, 2.45) is 0 Å². The maximum atomic E-state index is 11.2. The van der Waals surface area contributed by atoms with Crippen molar-refractivity contribution in [2.45, 2.75) is 6.92 Å². The fourth-order valence-corrected chi connectivity index (χ4v) is 1.55. The van der Waals surface area contributed by atoms with E-state index in [2.05, 4.69) is 33.2 Å². The van der Waals surface area contributed by atoms with Crippen LogP contribution in [0.2, 0.25) is 0 Å². The number of halogens is 1. The molecule has 0 unspecified atom stereocenters. The summed E-state index contributed by atoms with van der Waals surface area (Å²) in [6.45, 7) is 2.38. The quantitative estimate of drug-likeness (QED) is 0.836. The predicted octanol–water partition coefficient (Wildman–Crippen LogP) is 1.76. The first-order valence-electron chi connectivity index (χ1n) is 4.34. The number of anilines is 1. The van der Waals surface area contributed by atoms with Crippen molar-refractivity contribution >= 4 is 34.2 Å². The molecule has 0 saturated carbocycles. The highest BCUT2D eigenvalue weighted by atomic mass is 127. The molecule has 0 bridgehead atoms. The van der Waals surface area contributed by atoms with Gasteiger partial charge in [0.05, 0.1) is 6.54 Å². The molecule has 2 N–H and O–H groups in total. The fraction of sp³-hybridized carbons (Fsp3) is 0.300. The van der Waals surface area contributed by atoms with E-state index in [1.54, 1.807) is 7.05 Å². The Hall–Kier alpha value is -0.620. The number of hydrogen-bond acceptors (Lipinski definition) is 2. The van der Waals surface area contributed by atoms with E-state index in [1.807, 2.05) is 25.1 Å². The Morgan fingerprint density at radius 3 is 2.79 bits per heavy atom. The number of likely N-dealkylation sites (N-methyl/N-ethyl adjacent to an activating group) is 1. The fourth-order valence-electron chi connectivity index (χ4n) is 1.04. The van der Waals surface area contributed by atoms with Crippen molar-refractivity contribution < 1.29 is 4.79 Å². The molecule has 0 saturated heterocycles. The smallest absolute Gasteiger partial charge is 0.238 e. The minimum atomic E-state index is -0.0212. The topological polar surface area (TPSA) is 41.1 Å². The van der Waals surface area contributed by atoms with Gasteiger partial charge < -0.3 is 10.6 Å². The van der Waals surface area contributed by atoms with E-state index < -0.39 is 0 Å². The molecule has 1 aromatic carbocycles. The standard InChI is InChI=1S/C10H13IN2O/c1-7-3-4-8(5-9(7)11)13-10(14)6-12-2/h3-5,12H,6H2,1-2H3,(H,13,14). The number of amides is 1. The van der Waals surface area contributed by atoms with E-state index in [0.29, 0.717) is 6.54 Å². The van der Waals surface area contributed by atoms with Crippen molar-refractivity contribution in [1.82, 2.24) is 5.32 Å². The second kappa shape index (κ2) is 5.31. The molecule has 0 heterocycles. The Kier molecular flexibility index (Phi) is 4.34. The van der Waals surface area contributed by atoms with Crippen LogP contribution in [0, 0.1) is 10.5 Å². The second-order valence-corrected chi connectivity index (χ2v) is 4.20. The zero-order chi connectivity index (χ0) is 10.6. The van der Waals surface area contributed by atoms with E-state index in [-0.39, 0.29) is 5.91 Å². The average molecular weight is 304 g/mol. The molecule has 0 aromatic heterocycles. The van der Waals surface area contributed by atoms with Crippen LogP contribution in [-0.4, -0.2) is 19.5 Å². The van der Waals surface area contributed by atoms with Crippen molar-refractivity contribution in [2.75, 3.05) is 18.9 Å². The zero-order valence-electron chi connectivity index (χ0n) is 8.23. The lowest BCUT2D eigenvalue weighted by atomic mass is 10.2. The Labute approximate surface area is 97.4 Å². The number of carbonyl (C=O) groups is 1. The maximum absolute atomic E-state index is 11.2. The molecule has 0 aliphatic carbocycles. The largest absolute Gasteiger partial charge is 0.325 e. The third-order valence-corrected chi connectivity index (χ3v) is 2.96. The molecule has 0 fully saturated rings. The van der Waals surface area contributed by atoms with E-state index in [9.17, 15) is 4.79 Å². The highest BCUT2D eigenvalue weighted by Crippen LogP contribution is 2.16. The molecule has 0 spiro atoms. The molecule has 4 heteroatoms. The molecular formula is C10H13IN2O. The van der Waals surface area contributed by atoms with Crippen LogP contribution >= 0.6 is 22.6 Å². The van der Waals surface area contributed by atoms with Gasteiger partial charge in [-0.2, -0.15) is 0 Å². The predicted molar refractivity (Wildman–Crippen MR) is 66.5 cm³/mol. The summed E-state index contributed by atoms with van der Waals surface area (Å²) in [4.78, 5) is 11.2. The van der Waals surface area contributed by atoms with E-state index in [4.69, 9.17) is 0 Å². The van der Waals surface area contributed by atoms with Crippen LogP contribution in [0.25, 0.3) is 0 Å². The van der Waals surface area contributed by atoms with Gasteiger partial charge in [-0.15, -0.1) is 0 Å². The summed E-state index contributed by atoms with van der Waals surface area (Å²) in [7, 11) is 1.75. The van der Waals surface area contributed by atoms with Gasteiger partial charge in [0.15, 0.2) is 0 Å². The number of rotatable bonds is 3. The second-order valence-electron chi connectivity index (χ2n) is 3.04. The Balaban J connectivity index is 2.68. The van der Waals surface area contributed by atoms with Crippen LogP contribution in [-0.2, 0) is 4.79 Å². The van der Waals surface area contributed by atoms with Crippen molar-refractivity contribution in [3.63, 3.8) is 0 Å². The third kappa shape index (κ3) is 3.26. The summed E-state index contributed by atoms with van der Waals surface area (Å²) < 4.78 is 1.16. The Morgan fingerprint density at radius 2 is 2.21 bits per heavy atom. The molecule has 76 valence electrons. The Morgan fingerprint density at radius 1 is 1.50 bits per heavy atom. The molecule has 1 amide bonds. The van der Waals surface area contributed by atoms with Gasteiger partial charge in [0.2, 0.25) is 5.91 Å². The Bertz CT molecular complexity index is 339. The summed E-state index contributed by atoms with van der Waals surface area (Å²) in [6.07, 6.45) is 0. The third-order valence-electron chi connectivity index (χ3n) is 1.79. The maximum Gasteiger partial charge on any atom is 0.238 e. The first kappa shape index (κ1) is 11.5. The van der Waals surface area contributed by atoms with Gasteiger partial charge in [-0.05, 0) is 54.3 Å². The molecule has 3 nitrogen and oxygen atoms in total. The lowest BCUT2D eigenvalue weighted by molar-refractivity contribution is -0.115. The lowest BCUT2D eigenvalue weighted by Gasteiger charge is -2.06. The number of benzene rings is 1. The summed E-state index contributed by atoms with van der Waals surface area (Å²) in [6, 6.07) is 5.87. The van der Waals surface area contributed by atoms with Crippen molar-refractivity contribution in [1.29, 1.82) is 0 Å². The monoisotopic (exact) mass is 304 g/mol. The summed E-state index contributed by atoms with van der Waals surface area (Å²) in [5.41, 5.74) is 2.07. The van der Waals surface area contributed by atoms with Gasteiger partial charge in [0.25, 0.3) is 0 Å². The minimum Gasteiger partial charge on any atom is -0.325 e. The van der Waals surface area contributed by atoms with Gasteiger partial charge in [-0.25, -0.2) is 0 Å². The van der Waals surface area contributed by atoms with Crippen LogP contribution in [0.4, 0.5) is 5.69 Å².